The van der Waals surface area contributed by atoms with Gasteiger partial charge < -0.3 is 19.7 Å². The van der Waals surface area contributed by atoms with Crippen LogP contribution >= 0.6 is 0 Å². The van der Waals surface area contributed by atoms with Crippen molar-refractivity contribution in [2.45, 2.75) is 25.9 Å². The molecule has 0 bridgehead atoms. The Labute approximate surface area is 133 Å². The molecule has 1 aromatic carbocycles. The largest absolute Gasteiger partial charge is 0.419 e. The Morgan fingerprint density at radius 1 is 1.48 bits per heavy atom. The average molecular weight is 319 g/mol. The highest BCUT2D eigenvalue weighted by atomic mass is 16.4. The third kappa shape index (κ3) is 3.10. The number of anilines is 1. The Hall–Kier alpha value is -2.28. The van der Waals surface area contributed by atoms with Gasteiger partial charge in [-0.3, -0.25) is 4.57 Å². The number of carbonyl (C=O) groups is 1. The number of amides is 2. The molecule has 7 heteroatoms. The van der Waals surface area contributed by atoms with Crippen molar-refractivity contribution >= 4 is 22.8 Å². The number of aliphatic hydroxyl groups excluding tert-OH is 1. The fraction of sp³-hybridized carbons (Fsp3) is 0.500. The number of benzene rings is 1. The number of hydrogen-bond donors (Lipinski definition) is 2. The van der Waals surface area contributed by atoms with Crippen molar-refractivity contribution in [1.82, 2.24) is 9.47 Å². The number of oxazole rings is 1. The second-order valence-corrected chi connectivity index (χ2v) is 6.13. The minimum Gasteiger partial charge on any atom is -0.408 e. The normalized spacial score (nSPS) is 19.8. The van der Waals surface area contributed by atoms with Gasteiger partial charge in [-0.25, -0.2) is 9.59 Å². The van der Waals surface area contributed by atoms with Crippen LogP contribution in [0.15, 0.2) is 27.4 Å². The van der Waals surface area contributed by atoms with Crippen LogP contribution in [0.1, 0.15) is 19.8 Å². The van der Waals surface area contributed by atoms with Gasteiger partial charge in [0.2, 0.25) is 0 Å². The van der Waals surface area contributed by atoms with Gasteiger partial charge in [0.25, 0.3) is 0 Å². The van der Waals surface area contributed by atoms with Crippen LogP contribution in [0.2, 0.25) is 0 Å². The zero-order chi connectivity index (χ0) is 16.6. The van der Waals surface area contributed by atoms with Crippen LogP contribution < -0.4 is 11.1 Å². The van der Waals surface area contributed by atoms with E-state index >= 15 is 0 Å². The Morgan fingerprint density at radius 3 is 3.00 bits per heavy atom. The number of aromatic nitrogens is 1. The number of nitrogens with one attached hydrogen (secondary N) is 1. The number of fused-ring (bicyclic) bond motifs is 1. The summed E-state index contributed by atoms with van der Waals surface area (Å²) in [5.74, 6) is -0.316. The van der Waals surface area contributed by atoms with E-state index in [1.54, 1.807) is 37.1 Å². The second kappa shape index (κ2) is 6.08. The lowest BCUT2D eigenvalue weighted by atomic mass is 9.94. The summed E-state index contributed by atoms with van der Waals surface area (Å²) in [4.78, 5) is 25.6. The van der Waals surface area contributed by atoms with E-state index < -0.39 is 11.9 Å². The zero-order valence-corrected chi connectivity index (χ0v) is 13.3. The number of hydrogen-bond acceptors (Lipinski definition) is 4. The van der Waals surface area contributed by atoms with Gasteiger partial charge in [-0.15, -0.1) is 0 Å². The molecule has 2 heterocycles. The molecule has 23 heavy (non-hydrogen) atoms. The van der Waals surface area contributed by atoms with Gasteiger partial charge >= 0.3 is 11.8 Å². The van der Waals surface area contributed by atoms with E-state index in [-0.39, 0.29) is 11.9 Å². The molecule has 2 amide bonds. The van der Waals surface area contributed by atoms with Crippen LogP contribution in [0.5, 0.6) is 0 Å². The SMILES string of the molecule is CC(O)C1CCCN(C(=O)Nc2ccc3c(c2)oc(=O)n3C)C1. The quantitative estimate of drug-likeness (QED) is 0.883. The topological polar surface area (TPSA) is 87.7 Å². The van der Waals surface area contributed by atoms with Crippen molar-refractivity contribution in [3.8, 4) is 0 Å². The van der Waals surface area contributed by atoms with E-state index in [9.17, 15) is 14.7 Å². The number of piperidine rings is 1. The lowest BCUT2D eigenvalue weighted by Crippen LogP contribution is -2.44. The number of urea groups is 1. The van der Waals surface area contributed by atoms with Gasteiger partial charge in [0, 0.05) is 37.8 Å². The molecule has 0 saturated carbocycles. The molecule has 1 saturated heterocycles. The van der Waals surface area contributed by atoms with Crippen molar-refractivity contribution in [2.75, 3.05) is 18.4 Å². The van der Waals surface area contributed by atoms with E-state index in [2.05, 4.69) is 5.32 Å². The standard InChI is InChI=1S/C16H21N3O4/c1-10(20)11-4-3-7-19(9-11)15(21)17-12-5-6-13-14(8-12)23-16(22)18(13)2/h5-6,8,10-11,20H,3-4,7,9H2,1-2H3,(H,17,21). The first kappa shape index (κ1) is 15.6. The minimum absolute atomic E-state index is 0.115. The molecular weight excluding hydrogens is 298 g/mol. The molecule has 2 aromatic rings. The predicted molar refractivity (Wildman–Crippen MR) is 86.5 cm³/mol. The fourth-order valence-corrected chi connectivity index (χ4v) is 3.00. The monoisotopic (exact) mass is 319 g/mol. The Kier molecular flexibility index (Phi) is 4.12. The van der Waals surface area contributed by atoms with E-state index in [0.29, 0.717) is 29.9 Å². The van der Waals surface area contributed by atoms with Crippen LogP contribution in [0.25, 0.3) is 11.1 Å². The molecule has 0 spiro atoms. The maximum Gasteiger partial charge on any atom is 0.419 e. The van der Waals surface area contributed by atoms with Crippen LogP contribution in [0.4, 0.5) is 10.5 Å². The van der Waals surface area contributed by atoms with Gasteiger partial charge in [-0.2, -0.15) is 0 Å². The van der Waals surface area contributed by atoms with Crippen molar-refractivity contribution in [3.05, 3.63) is 28.7 Å². The molecule has 2 unspecified atom stereocenters. The number of carbonyl (C=O) groups excluding carboxylic acids is 1. The maximum absolute atomic E-state index is 12.4. The molecule has 1 aliphatic heterocycles. The number of nitrogens with zero attached hydrogens (tertiary/aromatic N) is 2. The summed E-state index contributed by atoms with van der Waals surface area (Å²) in [5.41, 5.74) is 1.70. The highest BCUT2D eigenvalue weighted by Gasteiger charge is 2.26. The summed E-state index contributed by atoms with van der Waals surface area (Å²) in [6.45, 7) is 2.99. The van der Waals surface area contributed by atoms with Gasteiger partial charge in [0.1, 0.15) is 0 Å². The minimum atomic E-state index is -0.431. The van der Waals surface area contributed by atoms with Crippen LogP contribution in [-0.2, 0) is 7.05 Å². The van der Waals surface area contributed by atoms with Crippen molar-refractivity contribution < 1.29 is 14.3 Å². The van der Waals surface area contributed by atoms with E-state index in [1.165, 1.54) is 4.57 Å². The van der Waals surface area contributed by atoms with Crippen molar-refractivity contribution in [2.24, 2.45) is 13.0 Å². The molecule has 3 rings (SSSR count). The van der Waals surface area contributed by atoms with E-state index in [0.717, 1.165) is 12.8 Å². The molecule has 2 N–H and O–H groups in total. The van der Waals surface area contributed by atoms with Crippen LogP contribution in [0.3, 0.4) is 0 Å². The highest BCUT2D eigenvalue weighted by molar-refractivity contribution is 5.91. The first-order valence-electron chi connectivity index (χ1n) is 7.79. The Balaban J connectivity index is 1.73. The molecule has 1 fully saturated rings. The molecule has 1 aromatic heterocycles. The van der Waals surface area contributed by atoms with Gasteiger partial charge in [-0.1, -0.05) is 0 Å². The first-order valence-corrected chi connectivity index (χ1v) is 7.79. The number of likely N-dealkylation sites (tertiary alicyclic amines) is 1. The van der Waals surface area contributed by atoms with Gasteiger partial charge in [0.15, 0.2) is 5.58 Å². The van der Waals surface area contributed by atoms with Crippen LogP contribution in [0, 0.1) is 5.92 Å². The second-order valence-electron chi connectivity index (χ2n) is 6.13. The summed E-state index contributed by atoms with van der Waals surface area (Å²) in [5, 5.41) is 12.5. The molecule has 7 nitrogen and oxygen atoms in total. The lowest BCUT2D eigenvalue weighted by Gasteiger charge is -2.34. The maximum atomic E-state index is 12.4. The number of aryl methyl sites for hydroxylation is 1. The lowest BCUT2D eigenvalue weighted by molar-refractivity contribution is 0.0766. The van der Waals surface area contributed by atoms with E-state index in [4.69, 9.17) is 4.42 Å². The zero-order valence-electron chi connectivity index (χ0n) is 13.3. The van der Waals surface area contributed by atoms with E-state index in [1.807, 2.05) is 0 Å². The molecule has 124 valence electrons. The third-order valence-corrected chi connectivity index (χ3v) is 4.47. The molecule has 2 atom stereocenters. The first-order chi connectivity index (χ1) is 11.0. The van der Waals surface area contributed by atoms with Gasteiger partial charge in [0.05, 0.1) is 11.6 Å². The summed E-state index contributed by atoms with van der Waals surface area (Å²) >= 11 is 0. The smallest absolute Gasteiger partial charge is 0.408 e. The number of rotatable bonds is 2. The molecule has 1 aliphatic rings. The number of aliphatic hydroxyl groups is 1. The van der Waals surface area contributed by atoms with Crippen LogP contribution in [-0.4, -0.2) is 39.8 Å². The molecule has 0 radical (unpaired) electrons. The third-order valence-electron chi connectivity index (χ3n) is 4.47. The summed E-state index contributed by atoms with van der Waals surface area (Å²) in [7, 11) is 1.64. The van der Waals surface area contributed by atoms with Crippen molar-refractivity contribution in [3.63, 3.8) is 0 Å². The average Bonchev–Trinajstić information content (AvgIpc) is 2.81. The highest BCUT2D eigenvalue weighted by Crippen LogP contribution is 2.22. The van der Waals surface area contributed by atoms with Gasteiger partial charge in [-0.05, 0) is 31.9 Å². The fourth-order valence-electron chi connectivity index (χ4n) is 3.00. The Morgan fingerprint density at radius 2 is 2.26 bits per heavy atom. The predicted octanol–water partition coefficient (Wildman–Crippen LogP) is 1.76. The summed E-state index contributed by atoms with van der Waals surface area (Å²) in [6.07, 6.45) is 1.40. The summed E-state index contributed by atoms with van der Waals surface area (Å²) in [6, 6.07) is 4.92. The molecule has 0 aliphatic carbocycles. The van der Waals surface area contributed by atoms with Crippen molar-refractivity contribution in [1.29, 1.82) is 0 Å². The summed E-state index contributed by atoms with van der Waals surface area (Å²) < 4.78 is 6.54. The Bertz CT molecular complexity index is 777. The molecular formula is C16H21N3O4.